The van der Waals surface area contributed by atoms with Crippen molar-refractivity contribution in [2.75, 3.05) is 6.54 Å². The van der Waals surface area contributed by atoms with Crippen LogP contribution in [-0.2, 0) is 16.4 Å². The van der Waals surface area contributed by atoms with Crippen molar-refractivity contribution in [3.05, 3.63) is 64.2 Å². The van der Waals surface area contributed by atoms with E-state index in [4.69, 9.17) is 16.7 Å². The van der Waals surface area contributed by atoms with Crippen molar-refractivity contribution in [1.82, 2.24) is 4.72 Å². The molecule has 0 aliphatic carbocycles. The van der Waals surface area contributed by atoms with Gasteiger partial charge in [0.1, 0.15) is 0 Å². The van der Waals surface area contributed by atoms with Crippen LogP contribution in [-0.4, -0.2) is 26.0 Å². The van der Waals surface area contributed by atoms with E-state index < -0.39 is 16.0 Å². The predicted octanol–water partition coefficient (Wildman–Crippen LogP) is 2.87. The van der Waals surface area contributed by atoms with Crippen LogP contribution in [0.15, 0.2) is 47.4 Å². The van der Waals surface area contributed by atoms with E-state index in [1.165, 1.54) is 25.1 Å². The number of sulfonamides is 1. The van der Waals surface area contributed by atoms with E-state index in [9.17, 15) is 13.2 Å². The van der Waals surface area contributed by atoms with E-state index in [-0.39, 0.29) is 22.6 Å². The Balaban J connectivity index is 2.12. The van der Waals surface area contributed by atoms with Gasteiger partial charge in [0, 0.05) is 11.6 Å². The standard InChI is InChI=1S/C16H16ClNO4S/c1-11-14(16(19)20)3-2-4-15(11)23(21,22)18-10-9-12-5-7-13(17)8-6-12/h2-8,18H,9-10H2,1H3,(H,19,20). The van der Waals surface area contributed by atoms with Gasteiger partial charge in [-0.25, -0.2) is 17.9 Å². The SMILES string of the molecule is Cc1c(C(=O)O)cccc1S(=O)(=O)NCCc1ccc(Cl)cc1. The second-order valence-electron chi connectivity index (χ2n) is 5.01. The molecule has 7 heteroatoms. The van der Waals surface area contributed by atoms with Crippen LogP contribution in [0.25, 0.3) is 0 Å². The maximum atomic E-state index is 12.3. The lowest BCUT2D eigenvalue weighted by Gasteiger charge is -2.11. The highest BCUT2D eigenvalue weighted by molar-refractivity contribution is 7.89. The molecule has 0 heterocycles. The second-order valence-corrected chi connectivity index (χ2v) is 7.18. The number of carbonyl (C=O) groups is 1. The average Bonchev–Trinajstić information content (AvgIpc) is 2.49. The lowest BCUT2D eigenvalue weighted by Crippen LogP contribution is -2.27. The molecule has 0 radical (unpaired) electrons. The topological polar surface area (TPSA) is 83.5 Å². The van der Waals surface area contributed by atoms with Gasteiger partial charge in [0.2, 0.25) is 10.0 Å². The van der Waals surface area contributed by atoms with Crippen LogP contribution in [0.3, 0.4) is 0 Å². The summed E-state index contributed by atoms with van der Waals surface area (Å²) in [5.74, 6) is -1.15. The fourth-order valence-corrected chi connectivity index (χ4v) is 3.62. The Morgan fingerprint density at radius 3 is 2.43 bits per heavy atom. The molecule has 0 saturated carbocycles. The van der Waals surface area contributed by atoms with Gasteiger partial charge >= 0.3 is 5.97 Å². The number of halogens is 1. The minimum absolute atomic E-state index is 0.0199. The van der Waals surface area contributed by atoms with Gasteiger partial charge in [-0.05, 0) is 48.7 Å². The molecular weight excluding hydrogens is 338 g/mol. The maximum absolute atomic E-state index is 12.3. The summed E-state index contributed by atoms with van der Waals surface area (Å²) in [5.41, 5.74) is 1.15. The zero-order valence-corrected chi connectivity index (χ0v) is 14.0. The summed E-state index contributed by atoms with van der Waals surface area (Å²) in [6.45, 7) is 1.69. The van der Waals surface area contributed by atoms with Gasteiger partial charge in [0.15, 0.2) is 0 Å². The van der Waals surface area contributed by atoms with E-state index in [2.05, 4.69) is 4.72 Å². The summed E-state index contributed by atoms with van der Waals surface area (Å²) in [6.07, 6.45) is 0.508. The maximum Gasteiger partial charge on any atom is 0.335 e. The molecule has 0 aromatic heterocycles. The minimum atomic E-state index is -3.76. The van der Waals surface area contributed by atoms with Crippen molar-refractivity contribution < 1.29 is 18.3 Å². The van der Waals surface area contributed by atoms with E-state index in [1.807, 2.05) is 12.1 Å². The number of aromatic carboxylic acids is 1. The molecule has 23 heavy (non-hydrogen) atoms. The van der Waals surface area contributed by atoms with Crippen molar-refractivity contribution in [2.45, 2.75) is 18.2 Å². The molecule has 2 aromatic carbocycles. The number of benzene rings is 2. The van der Waals surface area contributed by atoms with Crippen molar-refractivity contribution in [3.8, 4) is 0 Å². The molecule has 122 valence electrons. The van der Waals surface area contributed by atoms with Crippen LogP contribution in [0.5, 0.6) is 0 Å². The highest BCUT2D eigenvalue weighted by atomic mass is 35.5. The van der Waals surface area contributed by atoms with Crippen molar-refractivity contribution in [2.24, 2.45) is 0 Å². The molecular formula is C16H16ClNO4S. The van der Waals surface area contributed by atoms with E-state index >= 15 is 0 Å². The largest absolute Gasteiger partial charge is 0.478 e. The summed E-state index contributed by atoms with van der Waals surface area (Å²) in [7, 11) is -3.76. The normalized spacial score (nSPS) is 11.4. The van der Waals surface area contributed by atoms with Crippen LogP contribution in [0.2, 0.25) is 5.02 Å². The van der Waals surface area contributed by atoms with Crippen molar-refractivity contribution in [1.29, 1.82) is 0 Å². The highest BCUT2D eigenvalue weighted by Crippen LogP contribution is 2.19. The van der Waals surface area contributed by atoms with Gasteiger partial charge in [-0.15, -0.1) is 0 Å². The van der Waals surface area contributed by atoms with Crippen LogP contribution < -0.4 is 4.72 Å². The fourth-order valence-electron chi connectivity index (χ4n) is 2.20. The third-order valence-electron chi connectivity index (χ3n) is 3.42. The van der Waals surface area contributed by atoms with Crippen molar-refractivity contribution >= 4 is 27.6 Å². The molecule has 0 aliphatic rings. The molecule has 0 unspecified atom stereocenters. The first-order valence-corrected chi connectivity index (χ1v) is 8.74. The number of rotatable bonds is 6. The number of carboxylic acid groups (broad SMARTS) is 1. The lowest BCUT2D eigenvalue weighted by atomic mass is 10.1. The zero-order chi connectivity index (χ0) is 17.0. The Morgan fingerprint density at radius 2 is 1.83 bits per heavy atom. The third kappa shape index (κ3) is 4.31. The molecule has 2 rings (SSSR count). The summed E-state index contributed by atoms with van der Waals surface area (Å²) in [6, 6.07) is 11.3. The van der Waals surface area contributed by atoms with Gasteiger partial charge in [-0.2, -0.15) is 0 Å². The highest BCUT2D eigenvalue weighted by Gasteiger charge is 2.20. The molecule has 0 spiro atoms. The van der Waals surface area contributed by atoms with Gasteiger partial charge < -0.3 is 5.11 Å². The van der Waals surface area contributed by atoms with Gasteiger partial charge in [-0.3, -0.25) is 0 Å². The molecule has 2 aromatic rings. The molecule has 0 bridgehead atoms. The summed E-state index contributed by atoms with van der Waals surface area (Å²) in [4.78, 5) is 11.1. The number of nitrogens with one attached hydrogen (secondary N) is 1. The van der Waals surface area contributed by atoms with E-state index in [0.29, 0.717) is 11.4 Å². The van der Waals surface area contributed by atoms with Crippen LogP contribution in [0.4, 0.5) is 0 Å². The quantitative estimate of drug-likeness (QED) is 0.836. The lowest BCUT2D eigenvalue weighted by molar-refractivity contribution is 0.0696. The predicted molar refractivity (Wildman–Crippen MR) is 88.5 cm³/mol. The van der Waals surface area contributed by atoms with Gasteiger partial charge in [0.05, 0.1) is 10.5 Å². The number of hydrogen-bond acceptors (Lipinski definition) is 3. The zero-order valence-electron chi connectivity index (χ0n) is 12.4. The van der Waals surface area contributed by atoms with Gasteiger partial charge in [-0.1, -0.05) is 29.8 Å². The molecule has 2 N–H and O–H groups in total. The van der Waals surface area contributed by atoms with Crippen LogP contribution in [0.1, 0.15) is 21.5 Å². The second kappa shape index (κ2) is 7.12. The molecule has 0 saturated heterocycles. The first-order chi connectivity index (χ1) is 10.8. The Bertz CT molecular complexity index is 816. The average molecular weight is 354 g/mol. The van der Waals surface area contributed by atoms with Crippen LogP contribution in [0, 0.1) is 6.92 Å². The number of hydrogen-bond donors (Lipinski definition) is 2. The third-order valence-corrected chi connectivity index (χ3v) is 5.28. The molecule has 0 fully saturated rings. The Morgan fingerprint density at radius 1 is 1.17 bits per heavy atom. The van der Waals surface area contributed by atoms with Gasteiger partial charge in [0.25, 0.3) is 0 Å². The smallest absolute Gasteiger partial charge is 0.335 e. The first-order valence-electron chi connectivity index (χ1n) is 6.88. The van der Waals surface area contributed by atoms with Crippen molar-refractivity contribution in [3.63, 3.8) is 0 Å². The first kappa shape index (κ1) is 17.5. The fraction of sp³-hybridized carbons (Fsp3) is 0.188. The Labute approximate surface area is 140 Å². The van der Waals surface area contributed by atoms with Crippen LogP contribution >= 0.6 is 11.6 Å². The molecule has 0 amide bonds. The molecule has 5 nitrogen and oxygen atoms in total. The molecule has 0 atom stereocenters. The van der Waals surface area contributed by atoms with E-state index in [1.54, 1.807) is 12.1 Å². The minimum Gasteiger partial charge on any atom is -0.478 e. The molecule has 0 aliphatic heterocycles. The van der Waals surface area contributed by atoms with E-state index in [0.717, 1.165) is 5.56 Å². The Kier molecular flexibility index (Phi) is 5.41. The summed E-state index contributed by atoms with van der Waals surface area (Å²) < 4.78 is 27.2. The monoisotopic (exact) mass is 353 g/mol. The summed E-state index contributed by atoms with van der Waals surface area (Å²) in [5, 5.41) is 9.70. The number of carboxylic acids is 1. The summed E-state index contributed by atoms with van der Waals surface area (Å²) >= 11 is 5.80. The Hall–Kier alpha value is -1.89.